The van der Waals surface area contributed by atoms with Crippen molar-refractivity contribution in [3.63, 3.8) is 0 Å². The molecule has 1 aliphatic heterocycles. The fourth-order valence-electron chi connectivity index (χ4n) is 5.67. The molecule has 2 aromatic heterocycles. The molecule has 7 nitrogen and oxygen atoms in total. The minimum absolute atomic E-state index is 0.0577. The predicted octanol–water partition coefficient (Wildman–Crippen LogP) is 6.19. The van der Waals surface area contributed by atoms with Gasteiger partial charge in [-0.2, -0.15) is 0 Å². The summed E-state index contributed by atoms with van der Waals surface area (Å²) in [5.41, 5.74) is 3.83. The van der Waals surface area contributed by atoms with Crippen molar-refractivity contribution in [2.45, 2.75) is 43.8 Å². The van der Waals surface area contributed by atoms with Gasteiger partial charge < -0.3 is 24.8 Å². The van der Waals surface area contributed by atoms with Gasteiger partial charge in [0.1, 0.15) is 11.8 Å². The van der Waals surface area contributed by atoms with E-state index in [1.54, 1.807) is 0 Å². The zero-order chi connectivity index (χ0) is 26.6. The number of benzene rings is 2. The van der Waals surface area contributed by atoms with Crippen LogP contribution in [0.2, 0.25) is 0 Å². The quantitative estimate of drug-likeness (QED) is 0.261. The molecule has 2 atom stereocenters. The van der Waals surface area contributed by atoms with Gasteiger partial charge in [-0.15, -0.1) is 0 Å². The fourth-order valence-corrected chi connectivity index (χ4v) is 6.02. The van der Waals surface area contributed by atoms with Gasteiger partial charge in [-0.1, -0.05) is 37.1 Å². The van der Waals surface area contributed by atoms with Crippen LogP contribution >= 0.6 is 12.2 Å². The number of carbonyl (C=O) groups is 1. The number of rotatable bonds is 8. The summed E-state index contributed by atoms with van der Waals surface area (Å²) < 4.78 is 8.01. The summed E-state index contributed by atoms with van der Waals surface area (Å²) in [5, 5.41) is 7.12. The van der Waals surface area contributed by atoms with Gasteiger partial charge in [0, 0.05) is 35.5 Å². The molecule has 0 spiro atoms. The van der Waals surface area contributed by atoms with Gasteiger partial charge in [-0.25, -0.2) is 0 Å². The van der Waals surface area contributed by atoms with E-state index in [1.807, 2.05) is 72.9 Å². The predicted molar refractivity (Wildman–Crippen MR) is 157 cm³/mol. The summed E-state index contributed by atoms with van der Waals surface area (Å²) in [4.78, 5) is 19.3. The molecular weight excluding hydrogens is 506 g/mol. The molecule has 1 amide bonds. The van der Waals surface area contributed by atoms with Gasteiger partial charge in [0.25, 0.3) is 5.91 Å². The Morgan fingerprint density at radius 1 is 0.974 bits per heavy atom. The van der Waals surface area contributed by atoms with E-state index in [4.69, 9.17) is 17.0 Å². The number of para-hydroxylation sites is 1. The number of amides is 1. The van der Waals surface area contributed by atoms with Gasteiger partial charge >= 0.3 is 0 Å². The third-order valence-corrected chi connectivity index (χ3v) is 7.79. The smallest absolute Gasteiger partial charge is 0.262 e. The lowest BCUT2D eigenvalue weighted by Crippen LogP contribution is -2.30. The zero-order valence-electron chi connectivity index (χ0n) is 21.6. The van der Waals surface area contributed by atoms with Crippen LogP contribution in [0.1, 0.15) is 55.2 Å². The summed E-state index contributed by atoms with van der Waals surface area (Å²) in [6.45, 7) is -0.0577. The van der Waals surface area contributed by atoms with Crippen molar-refractivity contribution in [2.24, 2.45) is 0 Å². The Hall–Kier alpha value is -4.17. The lowest BCUT2D eigenvalue weighted by Gasteiger charge is -2.30. The Labute approximate surface area is 233 Å². The van der Waals surface area contributed by atoms with E-state index in [-0.39, 0.29) is 24.6 Å². The third kappa shape index (κ3) is 5.38. The molecule has 1 saturated carbocycles. The lowest BCUT2D eigenvalue weighted by molar-refractivity contribution is -0.118. The van der Waals surface area contributed by atoms with E-state index >= 15 is 0 Å². The first-order chi connectivity index (χ1) is 19.2. The first-order valence-corrected chi connectivity index (χ1v) is 13.8. The second-order valence-corrected chi connectivity index (χ2v) is 10.4. The number of nitrogens with one attached hydrogen (secondary N) is 2. The van der Waals surface area contributed by atoms with E-state index in [0.29, 0.717) is 22.6 Å². The molecule has 1 aliphatic carbocycles. The van der Waals surface area contributed by atoms with Crippen LogP contribution in [0.3, 0.4) is 0 Å². The van der Waals surface area contributed by atoms with Crippen molar-refractivity contribution >= 4 is 34.6 Å². The van der Waals surface area contributed by atoms with E-state index in [9.17, 15) is 4.79 Å². The number of ether oxygens (including phenoxy) is 1. The Morgan fingerprint density at radius 3 is 2.49 bits per heavy atom. The summed E-state index contributed by atoms with van der Waals surface area (Å²) in [5.74, 6) is 0.446. The van der Waals surface area contributed by atoms with Crippen molar-refractivity contribution in [3.05, 3.63) is 109 Å². The summed E-state index contributed by atoms with van der Waals surface area (Å²) in [7, 11) is 0. The normalized spacial score (nSPS) is 19.2. The molecule has 0 bridgehead atoms. The number of hydrogen-bond acceptors (Lipinski definition) is 4. The molecular formula is C31H31N5O2S. The summed E-state index contributed by atoms with van der Waals surface area (Å²) in [6, 6.07) is 27.8. The summed E-state index contributed by atoms with van der Waals surface area (Å²) in [6.07, 6.45) is 8.96. The van der Waals surface area contributed by atoms with Crippen LogP contribution < -0.4 is 20.3 Å². The molecule has 2 aliphatic rings. The molecule has 0 unspecified atom stereocenters. The maximum atomic E-state index is 12.5. The van der Waals surface area contributed by atoms with Crippen molar-refractivity contribution in [3.8, 4) is 5.75 Å². The SMILES string of the molecule is O=C(COc1ccccc1)Nc1ccc(N2C(=S)N[C@H](c3ccccn3)[C@H]2c2cccn2C2CCCC2)cc1. The maximum absolute atomic E-state index is 12.5. The van der Waals surface area contributed by atoms with Crippen LogP contribution in [0.15, 0.2) is 97.3 Å². The van der Waals surface area contributed by atoms with Crippen molar-refractivity contribution < 1.29 is 9.53 Å². The van der Waals surface area contributed by atoms with Crippen LogP contribution in [-0.4, -0.2) is 27.2 Å². The third-order valence-electron chi connectivity index (χ3n) is 7.47. The average molecular weight is 538 g/mol. The standard InChI is InChI=1S/C31H31N5O2S/c37-28(21-38-25-11-2-1-3-12-25)33-22-15-17-24(18-16-22)36-30(27-14-8-20-35(27)23-9-4-5-10-23)29(34-31(36)39)26-13-6-7-19-32-26/h1-3,6-8,11-20,23,29-30H,4-5,9-10,21H2,(H,33,37)(H,34,39)/t29-,30-/m1/s1. The van der Waals surface area contributed by atoms with E-state index in [1.165, 1.54) is 31.4 Å². The average Bonchev–Trinajstić information content (AvgIpc) is 3.73. The Bertz CT molecular complexity index is 1420. The number of aromatic nitrogens is 2. The highest BCUT2D eigenvalue weighted by Gasteiger charge is 2.42. The van der Waals surface area contributed by atoms with Gasteiger partial charge in [-0.05, 0) is 85.7 Å². The zero-order valence-corrected chi connectivity index (χ0v) is 22.4. The molecule has 2 aromatic carbocycles. The molecule has 198 valence electrons. The van der Waals surface area contributed by atoms with Gasteiger partial charge in [0.2, 0.25) is 0 Å². The molecule has 2 N–H and O–H groups in total. The van der Waals surface area contributed by atoms with Gasteiger partial charge in [0.15, 0.2) is 11.7 Å². The van der Waals surface area contributed by atoms with Crippen LogP contribution in [-0.2, 0) is 4.79 Å². The molecule has 39 heavy (non-hydrogen) atoms. The monoisotopic (exact) mass is 537 g/mol. The fraction of sp³-hybridized carbons (Fsp3) is 0.258. The molecule has 3 heterocycles. The maximum Gasteiger partial charge on any atom is 0.262 e. The van der Waals surface area contributed by atoms with Crippen molar-refractivity contribution in [1.82, 2.24) is 14.9 Å². The van der Waals surface area contributed by atoms with E-state index in [2.05, 4.69) is 49.5 Å². The lowest BCUT2D eigenvalue weighted by atomic mass is 10.00. The minimum atomic E-state index is -0.215. The summed E-state index contributed by atoms with van der Waals surface area (Å²) >= 11 is 5.90. The molecule has 4 aromatic rings. The van der Waals surface area contributed by atoms with Gasteiger partial charge in [0.05, 0.1) is 11.7 Å². The number of nitrogens with zero attached hydrogens (tertiary/aromatic N) is 3. The Balaban J connectivity index is 1.25. The first-order valence-electron chi connectivity index (χ1n) is 13.4. The molecule has 6 rings (SSSR count). The van der Waals surface area contributed by atoms with Crippen molar-refractivity contribution in [1.29, 1.82) is 0 Å². The number of hydrogen-bond donors (Lipinski definition) is 2. The second kappa shape index (κ2) is 11.3. The second-order valence-electron chi connectivity index (χ2n) is 9.97. The highest BCUT2D eigenvalue weighted by molar-refractivity contribution is 7.80. The van der Waals surface area contributed by atoms with Crippen molar-refractivity contribution in [2.75, 3.05) is 16.8 Å². The van der Waals surface area contributed by atoms with Gasteiger partial charge in [-0.3, -0.25) is 9.78 Å². The number of carbonyl (C=O) groups excluding carboxylic acids is 1. The molecule has 8 heteroatoms. The molecule has 2 fully saturated rings. The van der Waals surface area contributed by atoms with E-state index < -0.39 is 0 Å². The number of thiocarbonyl (C=S) groups is 1. The highest BCUT2D eigenvalue weighted by Crippen LogP contribution is 2.43. The minimum Gasteiger partial charge on any atom is -0.484 e. The van der Waals surface area contributed by atoms with Crippen LogP contribution in [0.4, 0.5) is 11.4 Å². The molecule has 0 radical (unpaired) electrons. The number of anilines is 2. The van der Waals surface area contributed by atoms with Crippen LogP contribution in [0, 0.1) is 0 Å². The number of pyridine rings is 1. The van der Waals surface area contributed by atoms with Crippen LogP contribution in [0.5, 0.6) is 5.75 Å². The van der Waals surface area contributed by atoms with Crippen LogP contribution in [0.25, 0.3) is 0 Å². The Kier molecular flexibility index (Phi) is 7.27. The first kappa shape index (κ1) is 25.1. The Morgan fingerprint density at radius 2 is 1.74 bits per heavy atom. The largest absolute Gasteiger partial charge is 0.484 e. The van der Waals surface area contributed by atoms with E-state index in [0.717, 1.165) is 11.4 Å². The highest BCUT2D eigenvalue weighted by atomic mass is 32.1. The topological polar surface area (TPSA) is 71.4 Å². The molecule has 1 saturated heterocycles.